The Labute approximate surface area is 73.3 Å². The van der Waals surface area contributed by atoms with Crippen LogP contribution in [0.5, 0.6) is 0 Å². The normalized spacial score (nSPS) is 44.7. The zero-order valence-corrected chi connectivity index (χ0v) is 9.22. The molecule has 0 N–H and O–H groups in total. The van der Waals surface area contributed by atoms with Crippen LogP contribution in [0.3, 0.4) is 0 Å². The van der Waals surface area contributed by atoms with E-state index in [1.807, 2.05) is 0 Å². The molecule has 1 fully saturated rings. The second-order valence-corrected chi connectivity index (χ2v) is 5.25. The van der Waals surface area contributed by atoms with Crippen molar-refractivity contribution in [2.24, 2.45) is 11.3 Å². The van der Waals surface area contributed by atoms with Gasteiger partial charge in [0, 0.05) is 0 Å². The average Bonchev–Trinajstić information content (AvgIpc) is 2.19. The van der Waals surface area contributed by atoms with E-state index in [-0.39, 0.29) is 0 Å². The van der Waals surface area contributed by atoms with Gasteiger partial charge in [-0.15, -0.1) is 9.24 Å². The summed E-state index contributed by atoms with van der Waals surface area (Å²) in [4.78, 5) is 0. The van der Waals surface area contributed by atoms with Gasteiger partial charge in [-0.3, -0.25) is 0 Å². The van der Waals surface area contributed by atoms with E-state index >= 15 is 0 Å². The molecule has 66 valence electrons. The van der Waals surface area contributed by atoms with Gasteiger partial charge in [0.15, 0.2) is 0 Å². The van der Waals surface area contributed by atoms with E-state index in [1.165, 1.54) is 25.7 Å². The Morgan fingerprint density at radius 3 is 2.55 bits per heavy atom. The van der Waals surface area contributed by atoms with Gasteiger partial charge >= 0.3 is 0 Å². The molecule has 0 amide bonds. The van der Waals surface area contributed by atoms with Crippen LogP contribution in [0.4, 0.5) is 0 Å². The molecule has 11 heavy (non-hydrogen) atoms. The summed E-state index contributed by atoms with van der Waals surface area (Å²) in [5.74, 6) is 0.910. The molecule has 1 saturated carbocycles. The van der Waals surface area contributed by atoms with Gasteiger partial charge in [-0.25, -0.2) is 0 Å². The molecule has 4 atom stereocenters. The lowest BCUT2D eigenvalue weighted by atomic mass is 9.77. The largest absolute Gasteiger partial charge is 0.134 e. The standard InChI is InChI=1S/C10H21P/c1-4-6-10(3)7-5-9(11)8(10)2/h8-9H,4-7,11H2,1-3H3. The molecule has 1 rings (SSSR count). The Balaban J connectivity index is 2.57. The molecule has 0 bridgehead atoms. The first-order valence-electron chi connectivity index (χ1n) is 4.86. The topological polar surface area (TPSA) is 0 Å². The minimum atomic E-state index is 0.654. The predicted molar refractivity (Wildman–Crippen MR) is 54.9 cm³/mol. The van der Waals surface area contributed by atoms with Crippen molar-refractivity contribution < 1.29 is 0 Å². The maximum atomic E-state index is 3.00. The zero-order valence-electron chi connectivity index (χ0n) is 8.06. The highest BCUT2D eigenvalue weighted by atomic mass is 31.0. The first-order valence-corrected chi connectivity index (χ1v) is 5.52. The van der Waals surface area contributed by atoms with Crippen LogP contribution in [0.15, 0.2) is 0 Å². The van der Waals surface area contributed by atoms with Gasteiger partial charge in [0.1, 0.15) is 0 Å². The molecule has 0 aromatic heterocycles. The highest BCUT2D eigenvalue weighted by molar-refractivity contribution is 7.17. The number of rotatable bonds is 2. The van der Waals surface area contributed by atoms with Crippen molar-refractivity contribution in [3.05, 3.63) is 0 Å². The second-order valence-electron chi connectivity index (χ2n) is 4.40. The lowest BCUT2D eigenvalue weighted by Gasteiger charge is -2.30. The van der Waals surface area contributed by atoms with Gasteiger partial charge in [0.2, 0.25) is 0 Å². The molecule has 0 nitrogen and oxygen atoms in total. The minimum Gasteiger partial charge on any atom is -0.134 e. The van der Waals surface area contributed by atoms with E-state index in [0.29, 0.717) is 5.41 Å². The van der Waals surface area contributed by atoms with Gasteiger partial charge in [0.25, 0.3) is 0 Å². The summed E-state index contributed by atoms with van der Waals surface area (Å²) in [5.41, 5.74) is 1.54. The maximum absolute atomic E-state index is 3.00. The van der Waals surface area contributed by atoms with Crippen molar-refractivity contribution >= 4 is 9.24 Å². The maximum Gasteiger partial charge on any atom is -0.0233 e. The number of hydrogen-bond acceptors (Lipinski definition) is 0. The Kier molecular flexibility index (Phi) is 2.97. The van der Waals surface area contributed by atoms with Gasteiger partial charge in [-0.05, 0) is 36.3 Å². The van der Waals surface area contributed by atoms with Crippen LogP contribution < -0.4 is 0 Å². The van der Waals surface area contributed by atoms with Gasteiger partial charge in [0.05, 0.1) is 0 Å². The molecular formula is C10H21P. The van der Waals surface area contributed by atoms with Crippen molar-refractivity contribution in [3.63, 3.8) is 0 Å². The Bertz CT molecular complexity index is 129. The quantitative estimate of drug-likeness (QED) is 0.559. The van der Waals surface area contributed by atoms with Crippen molar-refractivity contribution in [1.29, 1.82) is 0 Å². The third-order valence-corrected chi connectivity index (χ3v) is 4.52. The molecule has 0 spiro atoms. The summed E-state index contributed by atoms with van der Waals surface area (Å²) in [6, 6.07) is 0. The smallest absolute Gasteiger partial charge is 0.0233 e. The first-order chi connectivity index (χ1) is 5.10. The molecule has 1 aliphatic carbocycles. The monoisotopic (exact) mass is 172 g/mol. The summed E-state index contributed by atoms with van der Waals surface area (Å²) < 4.78 is 0. The Hall–Kier alpha value is 0.430. The average molecular weight is 172 g/mol. The number of hydrogen-bond donors (Lipinski definition) is 0. The molecule has 0 aliphatic heterocycles. The summed E-state index contributed by atoms with van der Waals surface area (Å²) >= 11 is 0. The van der Waals surface area contributed by atoms with E-state index in [2.05, 4.69) is 30.0 Å². The second kappa shape index (κ2) is 3.44. The summed E-state index contributed by atoms with van der Waals surface area (Å²) in [7, 11) is 3.00. The van der Waals surface area contributed by atoms with Gasteiger partial charge in [-0.1, -0.05) is 27.2 Å². The summed E-state index contributed by atoms with van der Waals surface area (Å²) in [5, 5.41) is 0. The first kappa shape index (κ1) is 9.52. The van der Waals surface area contributed by atoms with Crippen molar-refractivity contribution in [2.75, 3.05) is 0 Å². The molecule has 0 aromatic carbocycles. The van der Waals surface area contributed by atoms with E-state index in [4.69, 9.17) is 0 Å². The molecule has 1 heteroatoms. The van der Waals surface area contributed by atoms with E-state index in [0.717, 1.165) is 11.6 Å². The van der Waals surface area contributed by atoms with Gasteiger partial charge in [-0.2, -0.15) is 0 Å². The Morgan fingerprint density at radius 2 is 2.18 bits per heavy atom. The van der Waals surface area contributed by atoms with Gasteiger partial charge < -0.3 is 0 Å². The van der Waals surface area contributed by atoms with Crippen LogP contribution >= 0.6 is 9.24 Å². The molecular weight excluding hydrogens is 151 g/mol. The highest BCUT2D eigenvalue weighted by Crippen LogP contribution is 2.48. The SMILES string of the molecule is CCCC1(C)CCC(P)C1C. The van der Waals surface area contributed by atoms with Crippen LogP contribution in [0, 0.1) is 11.3 Å². The van der Waals surface area contributed by atoms with Crippen LogP contribution in [-0.2, 0) is 0 Å². The lowest BCUT2D eigenvalue weighted by Crippen LogP contribution is -2.22. The fourth-order valence-corrected chi connectivity index (χ4v) is 3.05. The van der Waals surface area contributed by atoms with Crippen LogP contribution in [0.25, 0.3) is 0 Å². The highest BCUT2D eigenvalue weighted by Gasteiger charge is 2.39. The third kappa shape index (κ3) is 1.78. The third-order valence-electron chi connectivity index (χ3n) is 3.61. The zero-order chi connectivity index (χ0) is 8.48. The summed E-state index contributed by atoms with van der Waals surface area (Å²) in [6.07, 6.45) is 5.62. The molecule has 0 saturated heterocycles. The minimum absolute atomic E-state index is 0.654. The van der Waals surface area contributed by atoms with Crippen molar-refractivity contribution in [2.45, 2.75) is 52.1 Å². The lowest BCUT2D eigenvalue weighted by molar-refractivity contribution is 0.225. The fraction of sp³-hybridized carbons (Fsp3) is 1.00. The van der Waals surface area contributed by atoms with E-state index in [9.17, 15) is 0 Å². The Morgan fingerprint density at radius 1 is 1.55 bits per heavy atom. The molecule has 1 aliphatic rings. The van der Waals surface area contributed by atoms with Crippen LogP contribution in [0.2, 0.25) is 0 Å². The van der Waals surface area contributed by atoms with E-state index in [1.54, 1.807) is 0 Å². The molecule has 0 aromatic rings. The van der Waals surface area contributed by atoms with E-state index < -0.39 is 0 Å². The van der Waals surface area contributed by atoms with Crippen LogP contribution in [-0.4, -0.2) is 5.66 Å². The summed E-state index contributed by atoms with van der Waals surface area (Å²) in [6.45, 7) is 7.18. The molecule has 0 radical (unpaired) electrons. The predicted octanol–water partition coefficient (Wildman–Crippen LogP) is 3.47. The fourth-order valence-electron chi connectivity index (χ4n) is 2.41. The van der Waals surface area contributed by atoms with Crippen molar-refractivity contribution in [3.8, 4) is 0 Å². The molecule has 0 heterocycles. The van der Waals surface area contributed by atoms with Crippen molar-refractivity contribution in [1.82, 2.24) is 0 Å². The molecule has 4 unspecified atom stereocenters. The van der Waals surface area contributed by atoms with Crippen LogP contribution in [0.1, 0.15) is 46.5 Å².